The molecule has 0 aliphatic carbocycles. The van der Waals surface area contributed by atoms with Crippen LogP contribution in [0.2, 0.25) is 0 Å². The van der Waals surface area contributed by atoms with Crippen molar-refractivity contribution in [1.82, 2.24) is 0 Å². The second kappa shape index (κ2) is 7.40. The van der Waals surface area contributed by atoms with E-state index in [1.165, 1.54) is 0 Å². The number of anilines is 1. The highest BCUT2D eigenvalue weighted by Gasteiger charge is 2.15. The summed E-state index contributed by atoms with van der Waals surface area (Å²) < 4.78 is 0.846. The summed E-state index contributed by atoms with van der Waals surface area (Å²) in [7, 11) is 0. The summed E-state index contributed by atoms with van der Waals surface area (Å²) in [5.74, 6) is 0.328. The minimum absolute atomic E-state index is 0.328. The third kappa shape index (κ3) is 4.01. The lowest BCUT2D eigenvalue weighted by molar-refractivity contribution is 0.114. The number of nitrogens with zero attached hydrogens (tertiary/aromatic N) is 1. The summed E-state index contributed by atoms with van der Waals surface area (Å²) in [4.78, 5) is 0. The zero-order valence-corrected chi connectivity index (χ0v) is 12.4. The number of benzene rings is 1. The highest BCUT2D eigenvalue weighted by atomic mass is 79.9. The third-order valence-electron chi connectivity index (χ3n) is 3.19. The molecule has 4 heteroatoms. The van der Waals surface area contributed by atoms with Gasteiger partial charge in [-0.1, -0.05) is 26.7 Å². The van der Waals surface area contributed by atoms with E-state index in [2.05, 4.69) is 41.2 Å². The molecule has 0 aliphatic heterocycles. The maximum absolute atomic E-state index is 10.0. The Morgan fingerprint density at radius 1 is 1.39 bits per heavy atom. The van der Waals surface area contributed by atoms with Gasteiger partial charge in [0.25, 0.3) is 0 Å². The molecule has 18 heavy (non-hydrogen) atoms. The van der Waals surface area contributed by atoms with Crippen LogP contribution >= 0.6 is 15.9 Å². The molecule has 0 saturated heterocycles. The summed E-state index contributed by atoms with van der Waals surface area (Å²) in [6.45, 7) is 4.71. The maximum Gasteiger partial charge on any atom is 0.0992 e. The molecule has 1 atom stereocenters. The lowest BCUT2D eigenvalue weighted by atomic mass is 9.96. The van der Waals surface area contributed by atoms with Gasteiger partial charge < -0.3 is 10.4 Å². The van der Waals surface area contributed by atoms with Gasteiger partial charge in [0.05, 0.1) is 17.7 Å². The SMILES string of the molecule is CCC(CC)C(O)CNc1ccc(C#N)cc1Br. The largest absolute Gasteiger partial charge is 0.391 e. The molecule has 98 valence electrons. The molecular weight excluding hydrogens is 292 g/mol. The second-order valence-corrected chi connectivity index (χ2v) is 5.19. The van der Waals surface area contributed by atoms with Crippen molar-refractivity contribution in [2.75, 3.05) is 11.9 Å². The van der Waals surface area contributed by atoms with Gasteiger partial charge in [-0.05, 0) is 40.0 Å². The van der Waals surface area contributed by atoms with Gasteiger partial charge in [-0.3, -0.25) is 0 Å². The number of nitriles is 1. The fraction of sp³-hybridized carbons (Fsp3) is 0.500. The van der Waals surface area contributed by atoms with Gasteiger partial charge >= 0.3 is 0 Å². The summed E-state index contributed by atoms with van der Waals surface area (Å²) in [5, 5.41) is 22.0. The predicted molar refractivity (Wildman–Crippen MR) is 77.4 cm³/mol. The molecule has 0 spiro atoms. The van der Waals surface area contributed by atoms with E-state index in [0.717, 1.165) is 23.0 Å². The molecule has 1 aromatic rings. The number of halogens is 1. The smallest absolute Gasteiger partial charge is 0.0992 e. The van der Waals surface area contributed by atoms with Crippen LogP contribution in [0.15, 0.2) is 22.7 Å². The summed E-state index contributed by atoms with van der Waals surface area (Å²) in [6.07, 6.45) is 1.62. The number of nitrogens with one attached hydrogen (secondary N) is 1. The molecule has 0 radical (unpaired) electrons. The summed E-state index contributed by atoms with van der Waals surface area (Å²) >= 11 is 3.41. The van der Waals surface area contributed by atoms with Crippen LogP contribution in [0.1, 0.15) is 32.3 Å². The average molecular weight is 311 g/mol. The van der Waals surface area contributed by atoms with E-state index < -0.39 is 0 Å². The number of hydrogen-bond acceptors (Lipinski definition) is 3. The van der Waals surface area contributed by atoms with Crippen LogP contribution in [-0.2, 0) is 0 Å². The number of hydrogen-bond donors (Lipinski definition) is 2. The highest BCUT2D eigenvalue weighted by Crippen LogP contribution is 2.24. The normalized spacial score (nSPS) is 12.2. The van der Waals surface area contributed by atoms with Gasteiger partial charge in [-0.2, -0.15) is 5.26 Å². The molecule has 1 aromatic carbocycles. The lowest BCUT2D eigenvalue weighted by Gasteiger charge is -2.21. The first-order chi connectivity index (χ1) is 8.62. The van der Waals surface area contributed by atoms with Gasteiger partial charge in [0, 0.05) is 16.7 Å². The number of rotatable bonds is 6. The Kier molecular flexibility index (Phi) is 6.17. The van der Waals surface area contributed by atoms with E-state index in [1.54, 1.807) is 12.1 Å². The Labute approximate surface area is 117 Å². The highest BCUT2D eigenvalue weighted by molar-refractivity contribution is 9.10. The molecule has 0 fully saturated rings. The molecule has 0 aliphatic rings. The van der Waals surface area contributed by atoms with E-state index in [9.17, 15) is 5.11 Å². The third-order valence-corrected chi connectivity index (χ3v) is 3.85. The first-order valence-corrected chi connectivity index (χ1v) is 7.03. The zero-order valence-electron chi connectivity index (χ0n) is 10.8. The number of aliphatic hydroxyl groups is 1. The second-order valence-electron chi connectivity index (χ2n) is 4.33. The van der Waals surface area contributed by atoms with Crippen LogP contribution in [0, 0.1) is 17.2 Å². The topological polar surface area (TPSA) is 56.0 Å². The van der Waals surface area contributed by atoms with Crippen LogP contribution in [0.5, 0.6) is 0 Å². The lowest BCUT2D eigenvalue weighted by Crippen LogP contribution is -2.27. The summed E-state index contributed by atoms with van der Waals surface area (Å²) in [6, 6.07) is 7.47. The molecule has 0 bridgehead atoms. The van der Waals surface area contributed by atoms with Crippen LogP contribution in [0.4, 0.5) is 5.69 Å². The standard InChI is InChI=1S/C14H19BrN2O/c1-3-11(4-2)14(18)9-17-13-6-5-10(8-16)7-12(13)15/h5-7,11,14,17-18H,3-4,9H2,1-2H3. The van der Waals surface area contributed by atoms with Gasteiger partial charge in [-0.15, -0.1) is 0 Å². The van der Waals surface area contributed by atoms with Gasteiger partial charge in [0.1, 0.15) is 0 Å². The Balaban J connectivity index is 2.61. The quantitative estimate of drug-likeness (QED) is 0.845. The van der Waals surface area contributed by atoms with Crippen LogP contribution in [0.25, 0.3) is 0 Å². The van der Waals surface area contributed by atoms with Crippen LogP contribution in [-0.4, -0.2) is 17.8 Å². The van der Waals surface area contributed by atoms with Crippen LogP contribution < -0.4 is 5.32 Å². The van der Waals surface area contributed by atoms with Crippen molar-refractivity contribution in [2.45, 2.75) is 32.8 Å². The molecule has 0 aromatic heterocycles. The Hall–Kier alpha value is -1.05. The molecule has 0 heterocycles. The Morgan fingerprint density at radius 2 is 2.06 bits per heavy atom. The van der Waals surface area contributed by atoms with Gasteiger partial charge in [0.2, 0.25) is 0 Å². The Bertz CT molecular complexity index is 424. The van der Waals surface area contributed by atoms with Crippen LogP contribution in [0.3, 0.4) is 0 Å². The molecule has 2 N–H and O–H groups in total. The fourth-order valence-corrected chi connectivity index (χ4v) is 2.46. The molecule has 0 amide bonds. The molecule has 3 nitrogen and oxygen atoms in total. The molecular formula is C14H19BrN2O. The first-order valence-electron chi connectivity index (χ1n) is 6.23. The first kappa shape index (κ1) is 15.0. The number of aliphatic hydroxyl groups excluding tert-OH is 1. The molecule has 1 rings (SSSR count). The molecule has 0 saturated carbocycles. The van der Waals surface area contributed by atoms with E-state index in [1.807, 2.05) is 6.07 Å². The monoisotopic (exact) mass is 310 g/mol. The van der Waals surface area contributed by atoms with Crippen molar-refractivity contribution in [3.8, 4) is 6.07 Å². The minimum atomic E-state index is -0.345. The average Bonchev–Trinajstić information content (AvgIpc) is 2.38. The van der Waals surface area contributed by atoms with Crippen molar-refractivity contribution >= 4 is 21.6 Å². The van der Waals surface area contributed by atoms with Crippen molar-refractivity contribution in [3.05, 3.63) is 28.2 Å². The molecule has 1 unspecified atom stereocenters. The van der Waals surface area contributed by atoms with Gasteiger partial charge in [0.15, 0.2) is 0 Å². The fourth-order valence-electron chi connectivity index (χ4n) is 1.94. The minimum Gasteiger partial charge on any atom is -0.391 e. The van der Waals surface area contributed by atoms with Crippen molar-refractivity contribution in [2.24, 2.45) is 5.92 Å². The summed E-state index contributed by atoms with van der Waals surface area (Å²) in [5.41, 5.74) is 1.52. The van der Waals surface area contributed by atoms with E-state index in [-0.39, 0.29) is 6.10 Å². The van der Waals surface area contributed by atoms with E-state index >= 15 is 0 Å². The Morgan fingerprint density at radius 3 is 2.56 bits per heavy atom. The maximum atomic E-state index is 10.0. The van der Waals surface area contributed by atoms with E-state index in [0.29, 0.717) is 18.0 Å². The zero-order chi connectivity index (χ0) is 13.5. The van der Waals surface area contributed by atoms with E-state index in [4.69, 9.17) is 5.26 Å². The van der Waals surface area contributed by atoms with Crippen molar-refractivity contribution < 1.29 is 5.11 Å². The van der Waals surface area contributed by atoms with Gasteiger partial charge in [-0.25, -0.2) is 0 Å². The van der Waals surface area contributed by atoms with Crippen molar-refractivity contribution in [3.63, 3.8) is 0 Å². The predicted octanol–water partition coefficient (Wildman–Crippen LogP) is 3.53. The van der Waals surface area contributed by atoms with Crippen molar-refractivity contribution in [1.29, 1.82) is 5.26 Å².